The summed E-state index contributed by atoms with van der Waals surface area (Å²) in [4.78, 5) is 4.58. The van der Waals surface area contributed by atoms with E-state index in [-0.39, 0.29) is 0 Å². The van der Waals surface area contributed by atoms with E-state index in [1.807, 2.05) is 40.9 Å². The van der Waals surface area contributed by atoms with Gasteiger partial charge in [0.25, 0.3) is 0 Å². The molecule has 0 aliphatic carbocycles. The first-order chi connectivity index (χ1) is 10.3. The van der Waals surface area contributed by atoms with E-state index in [2.05, 4.69) is 24.0 Å². The van der Waals surface area contributed by atoms with E-state index >= 15 is 0 Å². The minimum atomic E-state index is 0.429. The third-order valence-corrected chi connectivity index (χ3v) is 3.57. The van der Waals surface area contributed by atoms with E-state index in [0.29, 0.717) is 13.2 Å². The van der Waals surface area contributed by atoms with Crippen LogP contribution in [0.25, 0.3) is 5.52 Å². The number of pyridine rings is 1. The Morgan fingerprint density at radius 3 is 2.90 bits per heavy atom. The molecule has 0 fully saturated rings. The molecule has 0 spiro atoms. The summed E-state index contributed by atoms with van der Waals surface area (Å²) in [6.45, 7) is 2.99. The molecule has 3 aromatic rings. The number of nitrogens with two attached hydrogens (primary N) is 1. The Morgan fingerprint density at radius 1 is 1.19 bits per heavy atom. The highest BCUT2D eigenvalue weighted by molar-refractivity contribution is 5.53. The smallest absolute Gasteiger partial charge is 0.151 e. The van der Waals surface area contributed by atoms with Crippen molar-refractivity contribution in [1.29, 1.82) is 0 Å². The van der Waals surface area contributed by atoms with Gasteiger partial charge < -0.3 is 14.9 Å². The van der Waals surface area contributed by atoms with Crippen LogP contribution in [-0.4, -0.2) is 9.38 Å². The number of aryl methyl sites for hydroxylation is 1. The number of aromatic nitrogens is 2. The zero-order valence-corrected chi connectivity index (χ0v) is 12.1. The quantitative estimate of drug-likeness (QED) is 0.782. The summed E-state index contributed by atoms with van der Waals surface area (Å²) in [5.74, 6) is 1.74. The van der Waals surface area contributed by atoms with Gasteiger partial charge in [-0.15, -0.1) is 0 Å². The van der Waals surface area contributed by atoms with E-state index in [4.69, 9.17) is 10.5 Å². The molecule has 0 saturated carbocycles. The largest absolute Gasteiger partial charge is 0.486 e. The second-order valence-corrected chi connectivity index (χ2v) is 4.92. The van der Waals surface area contributed by atoms with Gasteiger partial charge in [0, 0.05) is 12.7 Å². The molecule has 3 rings (SSSR count). The topological polar surface area (TPSA) is 52.5 Å². The van der Waals surface area contributed by atoms with Crippen molar-refractivity contribution in [3.05, 3.63) is 65.7 Å². The average molecular weight is 281 g/mol. The standard InChI is InChI=1S/C17H19N3O/c1-2-13-6-5-7-14(10-13)21-12-17-19-15(11-18)16-8-3-4-9-20(16)17/h3-10H,2,11-12,18H2,1H3. The fraction of sp³-hybridized carbons (Fsp3) is 0.235. The normalized spacial score (nSPS) is 11.0. The number of imidazole rings is 1. The molecule has 0 aliphatic heterocycles. The predicted octanol–water partition coefficient (Wildman–Crippen LogP) is 2.93. The van der Waals surface area contributed by atoms with Crippen molar-refractivity contribution in [3.8, 4) is 5.75 Å². The molecule has 2 aromatic heterocycles. The SMILES string of the molecule is CCc1cccc(OCc2nc(CN)c3ccccn23)c1. The number of ether oxygens (including phenoxy) is 1. The molecule has 1 aromatic carbocycles. The molecule has 2 N–H and O–H groups in total. The molecule has 0 aliphatic rings. The Hall–Kier alpha value is -2.33. The molecule has 0 atom stereocenters. The summed E-state index contributed by atoms with van der Waals surface area (Å²) in [6, 6.07) is 14.2. The third-order valence-electron chi connectivity index (χ3n) is 3.57. The lowest BCUT2D eigenvalue weighted by Gasteiger charge is -2.07. The van der Waals surface area contributed by atoms with Crippen LogP contribution in [0, 0.1) is 0 Å². The highest BCUT2D eigenvalue weighted by atomic mass is 16.5. The first kappa shape index (κ1) is 13.6. The van der Waals surface area contributed by atoms with Crippen molar-refractivity contribution in [2.45, 2.75) is 26.5 Å². The molecule has 2 heterocycles. The third kappa shape index (κ3) is 2.76. The monoisotopic (exact) mass is 281 g/mol. The molecular formula is C17H19N3O. The Labute approximate surface area is 124 Å². The van der Waals surface area contributed by atoms with Crippen molar-refractivity contribution in [2.75, 3.05) is 0 Å². The molecule has 108 valence electrons. The first-order valence-electron chi connectivity index (χ1n) is 7.18. The minimum absolute atomic E-state index is 0.429. The summed E-state index contributed by atoms with van der Waals surface area (Å²) in [7, 11) is 0. The highest BCUT2D eigenvalue weighted by Gasteiger charge is 2.09. The van der Waals surface area contributed by atoms with E-state index in [1.54, 1.807) is 0 Å². The van der Waals surface area contributed by atoms with Gasteiger partial charge in [-0.05, 0) is 36.2 Å². The fourth-order valence-corrected chi connectivity index (χ4v) is 2.43. The van der Waals surface area contributed by atoms with E-state index in [0.717, 1.165) is 29.2 Å². The number of nitrogens with zero attached hydrogens (tertiary/aromatic N) is 2. The van der Waals surface area contributed by atoms with Gasteiger partial charge in [-0.2, -0.15) is 0 Å². The summed E-state index contributed by atoms with van der Waals surface area (Å²) >= 11 is 0. The molecule has 0 amide bonds. The Kier molecular flexibility index (Phi) is 3.88. The highest BCUT2D eigenvalue weighted by Crippen LogP contribution is 2.17. The van der Waals surface area contributed by atoms with Crippen LogP contribution in [-0.2, 0) is 19.6 Å². The molecule has 4 heteroatoms. The number of benzene rings is 1. The van der Waals surface area contributed by atoms with Crippen molar-refractivity contribution >= 4 is 5.52 Å². The first-order valence-corrected chi connectivity index (χ1v) is 7.18. The molecule has 0 radical (unpaired) electrons. The lowest BCUT2D eigenvalue weighted by Crippen LogP contribution is -2.01. The van der Waals surface area contributed by atoms with E-state index in [1.165, 1.54) is 5.56 Å². The average Bonchev–Trinajstić information content (AvgIpc) is 2.91. The maximum absolute atomic E-state index is 5.88. The summed E-state index contributed by atoms with van der Waals surface area (Å²) in [5.41, 5.74) is 8.97. The van der Waals surface area contributed by atoms with Gasteiger partial charge in [-0.3, -0.25) is 0 Å². The summed E-state index contributed by atoms with van der Waals surface area (Å²) in [5, 5.41) is 0. The van der Waals surface area contributed by atoms with Crippen LogP contribution in [0.15, 0.2) is 48.7 Å². The number of rotatable bonds is 5. The fourth-order valence-electron chi connectivity index (χ4n) is 2.43. The van der Waals surface area contributed by atoms with Crippen molar-refractivity contribution in [2.24, 2.45) is 5.73 Å². The van der Waals surface area contributed by atoms with Crippen LogP contribution in [0.2, 0.25) is 0 Å². The lowest BCUT2D eigenvalue weighted by molar-refractivity contribution is 0.295. The van der Waals surface area contributed by atoms with Crippen LogP contribution >= 0.6 is 0 Å². The second-order valence-electron chi connectivity index (χ2n) is 4.92. The van der Waals surface area contributed by atoms with Crippen LogP contribution in [0.1, 0.15) is 24.0 Å². The van der Waals surface area contributed by atoms with Gasteiger partial charge in [0.2, 0.25) is 0 Å². The van der Waals surface area contributed by atoms with E-state index < -0.39 is 0 Å². The molecule has 4 nitrogen and oxygen atoms in total. The van der Waals surface area contributed by atoms with Gasteiger partial charge in [-0.1, -0.05) is 25.1 Å². The van der Waals surface area contributed by atoms with Crippen molar-refractivity contribution in [1.82, 2.24) is 9.38 Å². The van der Waals surface area contributed by atoms with Crippen molar-refractivity contribution in [3.63, 3.8) is 0 Å². The van der Waals surface area contributed by atoms with Gasteiger partial charge in [-0.25, -0.2) is 4.98 Å². The number of fused-ring (bicyclic) bond motifs is 1. The molecule has 0 saturated heterocycles. The number of hydrogen-bond acceptors (Lipinski definition) is 3. The summed E-state index contributed by atoms with van der Waals surface area (Å²) in [6.07, 6.45) is 2.99. The maximum atomic E-state index is 5.88. The second kappa shape index (κ2) is 5.97. The van der Waals surface area contributed by atoms with Crippen molar-refractivity contribution < 1.29 is 4.74 Å². The Morgan fingerprint density at radius 2 is 2.10 bits per heavy atom. The van der Waals surface area contributed by atoms with Gasteiger partial charge in [0.1, 0.15) is 12.4 Å². The molecule has 0 unspecified atom stereocenters. The molecular weight excluding hydrogens is 262 g/mol. The van der Waals surface area contributed by atoms with Gasteiger partial charge in [0.05, 0.1) is 11.2 Å². The summed E-state index contributed by atoms with van der Waals surface area (Å²) < 4.78 is 7.91. The molecule has 0 bridgehead atoms. The van der Waals surface area contributed by atoms with Crippen LogP contribution < -0.4 is 10.5 Å². The van der Waals surface area contributed by atoms with Crippen LogP contribution in [0.5, 0.6) is 5.75 Å². The van der Waals surface area contributed by atoms with Gasteiger partial charge in [0.15, 0.2) is 5.82 Å². The maximum Gasteiger partial charge on any atom is 0.151 e. The van der Waals surface area contributed by atoms with E-state index in [9.17, 15) is 0 Å². The van der Waals surface area contributed by atoms with Crippen LogP contribution in [0.3, 0.4) is 0 Å². The Balaban J connectivity index is 1.85. The van der Waals surface area contributed by atoms with Crippen LogP contribution in [0.4, 0.5) is 0 Å². The zero-order valence-electron chi connectivity index (χ0n) is 12.1. The molecule has 21 heavy (non-hydrogen) atoms. The minimum Gasteiger partial charge on any atom is -0.486 e. The number of hydrogen-bond donors (Lipinski definition) is 1. The van der Waals surface area contributed by atoms with Gasteiger partial charge >= 0.3 is 0 Å². The Bertz CT molecular complexity index is 749. The zero-order chi connectivity index (χ0) is 14.7. The predicted molar refractivity (Wildman–Crippen MR) is 83.2 cm³/mol. The lowest BCUT2D eigenvalue weighted by atomic mass is 10.2.